The molecule has 0 spiro atoms. The number of carbonyl (C=O) groups is 1. The van der Waals surface area contributed by atoms with Gasteiger partial charge in [0.15, 0.2) is 5.69 Å². The molecule has 9 nitrogen and oxygen atoms in total. The maximum Gasteiger partial charge on any atom is 0.356 e. The molecule has 19 heavy (non-hydrogen) atoms. The minimum absolute atomic E-state index is 0.0457. The second-order valence-corrected chi connectivity index (χ2v) is 5.40. The van der Waals surface area contributed by atoms with Crippen molar-refractivity contribution in [1.29, 1.82) is 0 Å². The first-order chi connectivity index (χ1) is 8.99. The van der Waals surface area contributed by atoms with Gasteiger partial charge in [-0.15, -0.1) is 0 Å². The highest BCUT2D eigenvalue weighted by Gasteiger charge is 2.14. The molecule has 0 unspecified atom stereocenters. The fourth-order valence-electron chi connectivity index (χ4n) is 1.37. The minimum atomic E-state index is -3.59. The van der Waals surface area contributed by atoms with Crippen LogP contribution < -0.4 is 4.72 Å². The van der Waals surface area contributed by atoms with E-state index in [1.807, 2.05) is 0 Å². The van der Waals surface area contributed by atoms with E-state index in [0.717, 1.165) is 0 Å². The smallest absolute Gasteiger partial charge is 0.356 e. The average Bonchev–Trinajstić information content (AvgIpc) is 3.00. The average molecular weight is 285 g/mol. The number of carboxylic acids is 1. The SMILES string of the molecule is O=C(O)c1cn(CCNS(=O)(=O)c2cn[nH]c2)cn1. The van der Waals surface area contributed by atoms with Crippen LogP contribution in [0.2, 0.25) is 0 Å². The van der Waals surface area contributed by atoms with Crippen LogP contribution in [0.1, 0.15) is 10.5 Å². The summed E-state index contributed by atoms with van der Waals surface area (Å²) in [5.41, 5.74) is -0.0855. The largest absolute Gasteiger partial charge is 0.476 e. The Morgan fingerprint density at radius 3 is 2.89 bits per heavy atom. The summed E-state index contributed by atoms with van der Waals surface area (Å²) >= 11 is 0. The van der Waals surface area contributed by atoms with E-state index in [1.54, 1.807) is 0 Å². The summed E-state index contributed by atoms with van der Waals surface area (Å²) < 4.78 is 27.3. The Bertz CT molecular complexity index is 661. The Morgan fingerprint density at radius 1 is 1.53 bits per heavy atom. The predicted molar refractivity (Wildman–Crippen MR) is 63.0 cm³/mol. The van der Waals surface area contributed by atoms with Gasteiger partial charge in [-0.05, 0) is 0 Å². The normalized spacial score (nSPS) is 11.6. The van der Waals surface area contributed by atoms with Crippen LogP contribution in [0.15, 0.2) is 29.8 Å². The maximum atomic E-state index is 11.7. The van der Waals surface area contributed by atoms with E-state index in [4.69, 9.17) is 5.11 Å². The molecule has 2 rings (SSSR count). The van der Waals surface area contributed by atoms with Gasteiger partial charge in [-0.25, -0.2) is 22.9 Å². The van der Waals surface area contributed by atoms with Gasteiger partial charge in [-0.2, -0.15) is 5.10 Å². The number of aromatic nitrogens is 4. The van der Waals surface area contributed by atoms with Crippen molar-refractivity contribution in [1.82, 2.24) is 24.5 Å². The summed E-state index contributed by atoms with van der Waals surface area (Å²) in [6.07, 6.45) is 5.12. The van der Waals surface area contributed by atoms with Crippen LogP contribution in [0.4, 0.5) is 0 Å². The molecular weight excluding hydrogens is 274 g/mol. The third-order valence-corrected chi connectivity index (χ3v) is 3.73. The lowest BCUT2D eigenvalue weighted by Gasteiger charge is -2.04. The van der Waals surface area contributed by atoms with E-state index in [1.165, 1.54) is 29.5 Å². The summed E-state index contributed by atoms with van der Waals surface area (Å²) in [4.78, 5) is 14.3. The van der Waals surface area contributed by atoms with Crippen LogP contribution in [0, 0.1) is 0 Å². The van der Waals surface area contributed by atoms with Gasteiger partial charge in [0.2, 0.25) is 10.0 Å². The molecule has 10 heteroatoms. The van der Waals surface area contributed by atoms with Crippen molar-refractivity contribution < 1.29 is 18.3 Å². The molecule has 0 bridgehead atoms. The second-order valence-electron chi connectivity index (χ2n) is 3.63. The summed E-state index contributed by atoms with van der Waals surface area (Å²) in [5.74, 6) is -1.13. The lowest BCUT2D eigenvalue weighted by molar-refractivity contribution is 0.0691. The molecular formula is C9H11N5O4S. The van der Waals surface area contributed by atoms with E-state index in [9.17, 15) is 13.2 Å². The molecule has 0 aliphatic rings. The third kappa shape index (κ3) is 3.17. The van der Waals surface area contributed by atoms with Crippen LogP contribution in [0.25, 0.3) is 0 Å². The molecule has 0 saturated heterocycles. The number of aromatic amines is 1. The van der Waals surface area contributed by atoms with Crippen LogP contribution in [0.3, 0.4) is 0 Å². The van der Waals surface area contributed by atoms with Crippen molar-refractivity contribution in [2.45, 2.75) is 11.4 Å². The first-order valence-corrected chi connectivity index (χ1v) is 6.71. The Morgan fingerprint density at radius 2 is 2.32 bits per heavy atom. The first kappa shape index (κ1) is 13.2. The molecule has 0 saturated carbocycles. The lowest BCUT2D eigenvalue weighted by atomic mass is 10.5. The van der Waals surface area contributed by atoms with Gasteiger partial charge >= 0.3 is 5.97 Å². The fraction of sp³-hybridized carbons (Fsp3) is 0.222. The number of hydrogen-bond acceptors (Lipinski definition) is 5. The summed E-state index contributed by atoms with van der Waals surface area (Å²) in [5, 5.41) is 14.6. The van der Waals surface area contributed by atoms with E-state index in [2.05, 4.69) is 19.9 Å². The quantitative estimate of drug-likeness (QED) is 0.642. The number of hydrogen-bond donors (Lipinski definition) is 3. The molecule has 2 aromatic heterocycles. The number of rotatable bonds is 6. The van der Waals surface area contributed by atoms with Crippen LogP contribution in [-0.2, 0) is 16.6 Å². The van der Waals surface area contributed by atoms with E-state index >= 15 is 0 Å². The third-order valence-electron chi connectivity index (χ3n) is 2.30. The Kier molecular flexibility index (Phi) is 3.62. The molecule has 0 amide bonds. The summed E-state index contributed by atoms with van der Waals surface area (Å²) in [7, 11) is -3.59. The van der Waals surface area contributed by atoms with Gasteiger partial charge in [-0.1, -0.05) is 0 Å². The molecule has 2 heterocycles. The monoisotopic (exact) mass is 285 g/mol. The van der Waals surface area contributed by atoms with Crippen molar-refractivity contribution >= 4 is 16.0 Å². The molecule has 0 aliphatic heterocycles. The molecule has 0 radical (unpaired) electrons. The number of carboxylic acid groups (broad SMARTS) is 1. The highest BCUT2D eigenvalue weighted by atomic mass is 32.2. The molecule has 2 aromatic rings. The summed E-state index contributed by atoms with van der Waals surface area (Å²) in [6.45, 7) is 0.389. The van der Waals surface area contributed by atoms with Crippen molar-refractivity contribution in [2.75, 3.05) is 6.54 Å². The van der Waals surface area contributed by atoms with Crippen LogP contribution in [0.5, 0.6) is 0 Å². The number of aromatic carboxylic acids is 1. The molecule has 0 atom stereocenters. The number of sulfonamides is 1. The van der Waals surface area contributed by atoms with E-state index in [-0.39, 0.29) is 23.7 Å². The molecule has 102 valence electrons. The second kappa shape index (κ2) is 5.20. The standard InChI is InChI=1S/C9H11N5O4S/c15-9(16)8-5-14(6-10-8)2-1-13-19(17,18)7-3-11-12-4-7/h3-6,13H,1-2H2,(H,11,12)(H,15,16). The van der Waals surface area contributed by atoms with Crippen molar-refractivity contribution in [3.8, 4) is 0 Å². The first-order valence-electron chi connectivity index (χ1n) is 5.22. The number of nitrogens with zero attached hydrogens (tertiary/aromatic N) is 3. The molecule has 0 aliphatic carbocycles. The Labute approximate surface area is 108 Å². The highest BCUT2D eigenvalue weighted by molar-refractivity contribution is 7.89. The zero-order chi connectivity index (χ0) is 13.9. The molecule has 0 aromatic carbocycles. The topological polar surface area (TPSA) is 130 Å². The van der Waals surface area contributed by atoms with Crippen LogP contribution >= 0.6 is 0 Å². The van der Waals surface area contributed by atoms with Crippen LogP contribution in [-0.4, -0.2) is 45.8 Å². The molecule has 0 fully saturated rings. The minimum Gasteiger partial charge on any atom is -0.476 e. The zero-order valence-electron chi connectivity index (χ0n) is 9.65. The molecule has 3 N–H and O–H groups in total. The van der Waals surface area contributed by atoms with Gasteiger partial charge in [0.1, 0.15) is 4.90 Å². The zero-order valence-corrected chi connectivity index (χ0v) is 10.5. The predicted octanol–water partition coefficient (Wildman–Crippen LogP) is -0.717. The number of nitrogens with one attached hydrogen (secondary N) is 2. The van der Waals surface area contributed by atoms with E-state index in [0.29, 0.717) is 0 Å². The van der Waals surface area contributed by atoms with Gasteiger partial charge in [-0.3, -0.25) is 5.10 Å². The fourth-order valence-corrected chi connectivity index (χ4v) is 2.30. The van der Waals surface area contributed by atoms with Crippen molar-refractivity contribution in [3.05, 3.63) is 30.6 Å². The maximum absolute atomic E-state index is 11.7. The summed E-state index contributed by atoms with van der Waals surface area (Å²) in [6, 6.07) is 0. The Hall–Kier alpha value is -2.20. The van der Waals surface area contributed by atoms with Gasteiger partial charge in [0.25, 0.3) is 0 Å². The van der Waals surface area contributed by atoms with Crippen molar-refractivity contribution in [3.63, 3.8) is 0 Å². The van der Waals surface area contributed by atoms with Gasteiger partial charge < -0.3 is 9.67 Å². The number of H-pyrrole nitrogens is 1. The van der Waals surface area contributed by atoms with Crippen molar-refractivity contribution in [2.24, 2.45) is 0 Å². The lowest BCUT2D eigenvalue weighted by Crippen LogP contribution is -2.26. The van der Waals surface area contributed by atoms with E-state index < -0.39 is 16.0 Å². The number of imidazole rings is 1. The highest BCUT2D eigenvalue weighted by Crippen LogP contribution is 2.03. The Balaban J connectivity index is 1.91. The van der Waals surface area contributed by atoms with Gasteiger partial charge in [0.05, 0.1) is 12.5 Å². The van der Waals surface area contributed by atoms with Gasteiger partial charge in [0, 0.05) is 25.5 Å².